The summed E-state index contributed by atoms with van der Waals surface area (Å²) in [5, 5.41) is 10.2. The van der Waals surface area contributed by atoms with Crippen molar-refractivity contribution in [3.8, 4) is 0 Å². The van der Waals surface area contributed by atoms with E-state index in [4.69, 9.17) is 18.5 Å². The molecule has 1 aromatic carbocycles. The molecule has 0 spiro atoms. The number of aryl methyl sites for hydroxylation is 2. The van der Waals surface area contributed by atoms with Crippen LogP contribution in [0.1, 0.15) is 77.5 Å². The van der Waals surface area contributed by atoms with E-state index in [1.54, 1.807) is 41.5 Å². The number of carbonyl (C=O) groups excluding carboxylic acids is 3. The maximum absolute atomic E-state index is 14.2. The summed E-state index contributed by atoms with van der Waals surface area (Å²) in [6.45, 7) is 8.61. The minimum Gasteiger partial charge on any atom is -0.438 e. The van der Waals surface area contributed by atoms with Gasteiger partial charge in [-0.25, -0.2) is 5.06 Å². The van der Waals surface area contributed by atoms with E-state index in [1.165, 1.54) is 11.1 Å². The van der Waals surface area contributed by atoms with Crippen molar-refractivity contribution in [2.45, 2.75) is 85.7 Å². The molecule has 0 aliphatic heterocycles. The normalized spacial score (nSPS) is 14.8. The average molecular weight is 556 g/mol. The third-order valence-corrected chi connectivity index (χ3v) is 8.48. The smallest absolute Gasteiger partial charge is 0.339 e. The minimum atomic E-state index is -4.12. The highest BCUT2D eigenvalue weighted by atomic mass is 31.2. The molecule has 10 nitrogen and oxygen atoms in total. The van der Waals surface area contributed by atoms with Gasteiger partial charge in [0.15, 0.2) is 0 Å². The van der Waals surface area contributed by atoms with Crippen molar-refractivity contribution in [1.82, 2.24) is 5.06 Å². The predicted molar refractivity (Wildman–Crippen MR) is 140 cm³/mol. The van der Waals surface area contributed by atoms with E-state index in [2.05, 4.69) is 12.1 Å². The lowest BCUT2D eigenvalue weighted by molar-refractivity contribution is -0.162. The van der Waals surface area contributed by atoms with Gasteiger partial charge in [0.2, 0.25) is 20.0 Å². The summed E-state index contributed by atoms with van der Waals surface area (Å²) in [7, 11) is -4.12. The Bertz CT molecular complexity index is 977. The van der Waals surface area contributed by atoms with Crippen molar-refractivity contribution in [2.24, 2.45) is 10.8 Å². The molecule has 1 N–H and O–H groups in total. The first kappa shape index (κ1) is 32.0. The summed E-state index contributed by atoms with van der Waals surface area (Å²) in [6.07, 6.45) is 4.74. The van der Waals surface area contributed by atoms with Crippen LogP contribution in [0.2, 0.25) is 0 Å². The van der Waals surface area contributed by atoms with Gasteiger partial charge in [-0.15, -0.1) is 0 Å². The quantitative estimate of drug-likeness (QED) is 0.0889. The molecule has 0 heterocycles. The first-order valence-corrected chi connectivity index (χ1v) is 14.5. The van der Waals surface area contributed by atoms with Crippen LogP contribution >= 0.6 is 7.60 Å². The van der Waals surface area contributed by atoms with Gasteiger partial charge in [-0.1, -0.05) is 18.2 Å². The molecule has 0 saturated heterocycles. The van der Waals surface area contributed by atoms with Crippen LogP contribution in [0.25, 0.3) is 0 Å². The second-order valence-corrected chi connectivity index (χ2v) is 13.9. The first-order valence-electron chi connectivity index (χ1n) is 12.9. The molecule has 1 amide bonds. The van der Waals surface area contributed by atoms with E-state index in [-0.39, 0.29) is 25.8 Å². The molecule has 2 rings (SSSR count). The standard InChI is InChI=1S/C27H42NO9P/c1-26(2,3)24(30)34-18-36-38(33,37-19-35-25(31)27(4,5)6)23(13-14-28(32)17-29)16-20-11-12-21-9-7-8-10-22(21)15-20/h11-12,15,17,23,32H,7-10,13-14,16,18-19H2,1-6H3. The monoisotopic (exact) mass is 555 g/mol. The zero-order chi connectivity index (χ0) is 28.6. The molecule has 38 heavy (non-hydrogen) atoms. The molecule has 0 radical (unpaired) electrons. The molecule has 1 atom stereocenters. The molecular weight excluding hydrogens is 513 g/mol. The highest BCUT2D eigenvalue weighted by molar-refractivity contribution is 7.54. The van der Waals surface area contributed by atoms with Gasteiger partial charge < -0.3 is 9.47 Å². The van der Waals surface area contributed by atoms with E-state index < -0.39 is 49.6 Å². The number of nitrogens with zero attached hydrogens (tertiary/aromatic N) is 1. The number of amides is 1. The number of hydrogen-bond acceptors (Lipinski definition) is 9. The Morgan fingerprint density at radius 3 is 2.00 bits per heavy atom. The van der Waals surface area contributed by atoms with E-state index in [9.17, 15) is 24.2 Å². The second-order valence-electron chi connectivity index (χ2n) is 11.6. The van der Waals surface area contributed by atoms with Crippen LogP contribution in [-0.4, -0.2) is 54.4 Å². The van der Waals surface area contributed by atoms with Gasteiger partial charge in [0.1, 0.15) is 0 Å². The van der Waals surface area contributed by atoms with Crippen molar-refractivity contribution in [3.05, 3.63) is 34.9 Å². The van der Waals surface area contributed by atoms with Gasteiger partial charge in [-0.2, -0.15) is 0 Å². The molecule has 1 aliphatic carbocycles. The molecule has 1 aliphatic rings. The number of fused-ring (bicyclic) bond motifs is 1. The third-order valence-electron chi connectivity index (χ3n) is 6.21. The van der Waals surface area contributed by atoms with E-state index >= 15 is 0 Å². The van der Waals surface area contributed by atoms with Crippen LogP contribution in [0.15, 0.2) is 18.2 Å². The maximum Gasteiger partial charge on any atom is 0.339 e. The number of esters is 2. The summed E-state index contributed by atoms with van der Waals surface area (Å²) in [5.41, 5.74) is 0.954. The number of ether oxygens (including phenoxy) is 2. The van der Waals surface area contributed by atoms with E-state index in [1.807, 2.05) is 6.07 Å². The van der Waals surface area contributed by atoms with Gasteiger partial charge in [-0.05, 0) is 96.8 Å². The topological polar surface area (TPSA) is 129 Å². The van der Waals surface area contributed by atoms with Crippen LogP contribution in [0.5, 0.6) is 0 Å². The van der Waals surface area contributed by atoms with Crippen LogP contribution in [0.3, 0.4) is 0 Å². The van der Waals surface area contributed by atoms with Crippen LogP contribution in [-0.2, 0) is 56.7 Å². The predicted octanol–water partition coefficient (Wildman–Crippen LogP) is 5.03. The SMILES string of the molecule is CC(C)(C)C(=O)OCOP(=O)(OCOC(=O)C(C)(C)C)C(CCN(O)C=O)Cc1ccc2c(c1)CCCC2. The van der Waals surface area contributed by atoms with Crippen LogP contribution in [0.4, 0.5) is 0 Å². The van der Waals surface area contributed by atoms with Crippen LogP contribution < -0.4 is 0 Å². The fraction of sp³-hybridized carbons (Fsp3) is 0.667. The number of carbonyl (C=O) groups is 3. The van der Waals surface area contributed by atoms with Gasteiger partial charge in [0, 0.05) is 6.54 Å². The average Bonchev–Trinajstić information content (AvgIpc) is 2.84. The van der Waals surface area contributed by atoms with E-state index in [0.717, 1.165) is 31.2 Å². The molecule has 214 valence electrons. The molecule has 0 fully saturated rings. The molecule has 1 unspecified atom stereocenters. The Labute approximate surface area is 225 Å². The second kappa shape index (κ2) is 13.7. The van der Waals surface area contributed by atoms with Gasteiger partial charge in [0.25, 0.3) is 0 Å². The number of hydrogen-bond donors (Lipinski definition) is 1. The number of benzene rings is 1. The Balaban J connectivity index is 2.30. The molecular formula is C27H42NO9P. The summed E-state index contributed by atoms with van der Waals surface area (Å²) in [6, 6.07) is 6.09. The lowest BCUT2D eigenvalue weighted by Crippen LogP contribution is -2.28. The van der Waals surface area contributed by atoms with Gasteiger partial charge in [-0.3, -0.25) is 33.2 Å². The number of rotatable bonds is 13. The third kappa shape index (κ3) is 9.80. The summed E-state index contributed by atoms with van der Waals surface area (Å²) in [4.78, 5) is 35.5. The summed E-state index contributed by atoms with van der Waals surface area (Å²) >= 11 is 0. The lowest BCUT2D eigenvalue weighted by Gasteiger charge is -2.28. The fourth-order valence-electron chi connectivity index (χ4n) is 3.88. The maximum atomic E-state index is 14.2. The van der Waals surface area contributed by atoms with Crippen LogP contribution in [0, 0.1) is 10.8 Å². The molecule has 0 bridgehead atoms. The highest BCUT2D eigenvalue weighted by Crippen LogP contribution is 2.55. The minimum absolute atomic E-state index is 0.0457. The summed E-state index contributed by atoms with van der Waals surface area (Å²) in [5.74, 6) is -1.12. The molecule has 0 saturated carbocycles. The summed E-state index contributed by atoms with van der Waals surface area (Å²) < 4.78 is 35.7. The van der Waals surface area contributed by atoms with Crippen molar-refractivity contribution in [3.63, 3.8) is 0 Å². The fourth-order valence-corrected chi connectivity index (χ4v) is 5.64. The van der Waals surface area contributed by atoms with Crippen molar-refractivity contribution in [2.75, 3.05) is 20.1 Å². The highest BCUT2D eigenvalue weighted by Gasteiger charge is 2.38. The Hall–Kier alpha value is -2.26. The lowest BCUT2D eigenvalue weighted by atomic mass is 9.89. The van der Waals surface area contributed by atoms with Gasteiger partial charge in [0.05, 0.1) is 16.5 Å². The van der Waals surface area contributed by atoms with Crippen molar-refractivity contribution < 1.29 is 42.7 Å². The molecule has 0 aromatic heterocycles. The Morgan fingerprint density at radius 1 is 0.974 bits per heavy atom. The largest absolute Gasteiger partial charge is 0.438 e. The zero-order valence-electron chi connectivity index (χ0n) is 23.4. The Kier molecular flexibility index (Phi) is 11.5. The Morgan fingerprint density at radius 2 is 1.50 bits per heavy atom. The molecule has 1 aromatic rings. The number of hydroxylamine groups is 2. The van der Waals surface area contributed by atoms with Crippen molar-refractivity contribution >= 4 is 25.9 Å². The van der Waals surface area contributed by atoms with Crippen molar-refractivity contribution in [1.29, 1.82) is 0 Å². The molecule has 11 heteroatoms. The zero-order valence-corrected chi connectivity index (χ0v) is 24.3. The van der Waals surface area contributed by atoms with E-state index in [0.29, 0.717) is 5.06 Å². The van der Waals surface area contributed by atoms with Gasteiger partial charge >= 0.3 is 19.5 Å². The first-order chi connectivity index (χ1) is 17.7.